The van der Waals surface area contributed by atoms with E-state index in [0.29, 0.717) is 5.69 Å². The Hall–Kier alpha value is -1.18. The number of carbonyl (C=O) groups is 1. The Balaban J connectivity index is 1.51. The highest BCUT2D eigenvalue weighted by Gasteiger charge is 2.26. The monoisotopic (exact) mass is 415 g/mol. The van der Waals surface area contributed by atoms with Gasteiger partial charge in [0.25, 0.3) is 0 Å². The number of piperazine rings is 1. The fraction of sp³-hybridized carbons (Fsp3) is 0.389. The highest BCUT2D eigenvalue weighted by atomic mass is 35.5. The van der Waals surface area contributed by atoms with Gasteiger partial charge in [0.1, 0.15) is 5.82 Å². The second-order valence-electron chi connectivity index (χ2n) is 6.31. The Morgan fingerprint density at radius 3 is 2.58 bits per heavy atom. The molecule has 140 valence electrons. The third-order valence-corrected chi connectivity index (χ3v) is 6.06. The highest BCUT2D eigenvalue weighted by molar-refractivity contribution is 7.16. The van der Waals surface area contributed by atoms with Crippen molar-refractivity contribution in [2.75, 3.05) is 31.5 Å². The Morgan fingerprint density at radius 1 is 1.23 bits per heavy atom. The van der Waals surface area contributed by atoms with Gasteiger partial charge in [-0.1, -0.05) is 23.2 Å². The molecule has 1 aromatic carbocycles. The molecule has 4 nitrogen and oxygen atoms in total. The fourth-order valence-corrected chi connectivity index (χ4v) is 4.30. The summed E-state index contributed by atoms with van der Waals surface area (Å²) in [6.45, 7) is 6.17. The van der Waals surface area contributed by atoms with Crippen LogP contribution in [0, 0.1) is 5.82 Å². The van der Waals surface area contributed by atoms with Crippen LogP contribution >= 0.6 is 34.5 Å². The van der Waals surface area contributed by atoms with Gasteiger partial charge >= 0.3 is 0 Å². The van der Waals surface area contributed by atoms with E-state index in [1.807, 2.05) is 13.0 Å². The first-order valence-electron chi connectivity index (χ1n) is 8.39. The molecule has 1 saturated heterocycles. The van der Waals surface area contributed by atoms with Crippen molar-refractivity contribution in [3.05, 3.63) is 50.4 Å². The smallest absolute Gasteiger partial charge is 0.241 e. The number of thiophene rings is 1. The Bertz CT molecular complexity index is 778. The molecule has 8 heteroatoms. The number of hydrogen-bond donors (Lipinski definition) is 1. The van der Waals surface area contributed by atoms with Gasteiger partial charge in [-0.15, -0.1) is 11.3 Å². The summed E-state index contributed by atoms with van der Waals surface area (Å²) in [6, 6.07) is 7.65. The lowest BCUT2D eigenvalue weighted by atomic mass is 10.2. The van der Waals surface area contributed by atoms with Gasteiger partial charge < -0.3 is 5.32 Å². The largest absolute Gasteiger partial charge is 0.323 e. The molecule has 0 saturated carbocycles. The molecule has 0 radical (unpaired) electrons. The van der Waals surface area contributed by atoms with Gasteiger partial charge in [0.2, 0.25) is 5.91 Å². The van der Waals surface area contributed by atoms with E-state index in [0.717, 1.165) is 37.1 Å². The molecule has 1 amide bonds. The number of hydrogen-bond acceptors (Lipinski definition) is 4. The molecule has 2 aromatic rings. The molecule has 1 aliphatic heterocycles. The molecule has 26 heavy (non-hydrogen) atoms. The van der Waals surface area contributed by atoms with E-state index in [2.05, 4.69) is 21.2 Å². The summed E-state index contributed by atoms with van der Waals surface area (Å²) in [5, 5.41) is 2.98. The van der Waals surface area contributed by atoms with Gasteiger partial charge in [-0.25, -0.2) is 4.39 Å². The number of amides is 1. The first-order valence-corrected chi connectivity index (χ1v) is 9.96. The molecule has 1 fully saturated rings. The SMILES string of the molecule is C[C@@H](C(=O)Nc1ccc(F)cc1Cl)N1CCN(Cc2ccc(Cl)s2)CC1. The van der Waals surface area contributed by atoms with Crippen molar-refractivity contribution in [2.45, 2.75) is 19.5 Å². The van der Waals surface area contributed by atoms with Gasteiger partial charge in [0, 0.05) is 37.6 Å². The average molecular weight is 416 g/mol. The molecule has 0 bridgehead atoms. The minimum Gasteiger partial charge on any atom is -0.323 e. The van der Waals surface area contributed by atoms with Crippen LogP contribution in [0.4, 0.5) is 10.1 Å². The number of benzene rings is 1. The van der Waals surface area contributed by atoms with Gasteiger partial charge in [-0.05, 0) is 37.3 Å². The molecule has 3 rings (SSSR count). The number of anilines is 1. The predicted molar refractivity (Wildman–Crippen MR) is 106 cm³/mol. The molecular formula is C18H20Cl2FN3OS. The number of nitrogens with one attached hydrogen (secondary N) is 1. The minimum absolute atomic E-state index is 0.142. The predicted octanol–water partition coefficient (Wildman–Crippen LogP) is 4.34. The number of rotatable bonds is 5. The van der Waals surface area contributed by atoms with Crippen molar-refractivity contribution in [2.24, 2.45) is 0 Å². The minimum atomic E-state index is -0.427. The van der Waals surface area contributed by atoms with Crippen molar-refractivity contribution in [1.29, 1.82) is 0 Å². The van der Waals surface area contributed by atoms with Crippen molar-refractivity contribution >= 4 is 46.1 Å². The molecule has 1 atom stereocenters. The van der Waals surface area contributed by atoms with E-state index in [9.17, 15) is 9.18 Å². The van der Waals surface area contributed by atoms with Gasteiger partial charge in [-0.3, -0.25) is 14.6 Å². The standard InChI is InChI=1S/C18H20Cl2FN3OS/c1-12(18(25)22-16-4-2-13(21)10-15(16)19)24-8-6-23(7-9-24)11-14-3-5-17(20)26-14/h2-5,10,12H,6-9,11H2,1H3,(H,22,25)/t12-/m0/s1. The van der Waals surface area contributed by atoms with Crippen molar-refractivity contribution in [3.8, 4) is 0 Å². The Morgan fingerprint density at radius 2 is 1.96 bits per heavy atom. The average Bonchev–Trinajstić information content (AvgIpc) is 3.02. The maximum Gasteiger partial charge on any atom is 0.241 e. The third-order valence-electron chi connectivity index (χ3n) is 4.53. The van der Waals surface area contributed by atoms with E-state index in [-0.39, 0.29) is 17.0 Å². The lowest BCUT2D eigenvalue weighted by Gasteiger charge is -2.37. The second kappa shape index (κ2) is 8.67. The first-order chi connectivity index (χ1) is 12.4. The summed E-state index contributed by atoms with van der Waals surface area (Å²) in [7, 11) is 0. The fourth-order valence-electron chi connectivity index (χ4n) is 2.96. The lowest BCUT2D eigenvalue weighted by molar-refractivity contribution is -0.121. The molecule has 0 spiro atoms. The number of nitrogens with zero attached hydrogens (tertiary/aromatic N) is 2. The molecule has 0 unspecified atom stereocenters. The van der Waals surface area contributed by atoms with Gasteiger partial charge in [0.05, 0.1) is 21.1 Å². The van der Waals surface area contributed by atoms with Crippen molar-refractivity contribution < 1.29 is 9.18 Å². The molecule has 1 N–H and O–H groups in total. The maximum atomic E-state index is 13.1. The number of carbonyl (C=O) groups excluding carboxylic acids is 1. The Labute approximate surface area is 166 Å². The normalized spacial score (nSPS) is 17.2. The van der Waals surface area contributed by atoms with Crippen LogP contribution in [-0.2, 0) is 11.3 Å². The molecule has 1 aromatic heterocycles. The van der Waals surface area contributed by atoms with Crippen LogP contribution in [0.25, 0.3) is 0 Å². The lowest BCUT2D eigenvalue weighted by Crippen LogP contribution is -2.52. The van der Waals surface area contributed by atoms with E-state index >= 15 is 0 Å². The molecule has 0 aliphatic carbocycles. The quantitative estimate of drug-likeness (QED) is 0.788. The Kier molecular flexibility index (Phi) is 6.53. The van der Waals surface area contributed by atoms with Crippen molar-refractivity contribution in [1.82, 2.24) is 9.80 Å². The molecule has 2 heterocycles. The molecular weight excluding hydrogens is 396 g/mol. The first kappa shape index (κ1) is 19.6. The van der Waals surface area contributed by atoms with E-state index < -0.39 is 5.82 Å². The van der Waals surface area contributed by atoms with E-state index in [1.165, 1.54) is 23.1 Å². The van der Waals surface area contributed by atoms with Crippen LogP contribution in [0.1, 0.15) is 11.8 Å². The summed E-state index contributed by atoms with van der Waals surface area (Å²) in [4.78, 5) is 18.2. The topological polar surface area (TPSA) is 35.6 Å². The van der Waals surface area contributed by atoms with Crippen LogP contribution in [0.15, 0.2) is 30.3 Å². The van der Waals surface area contributed by atoms with Crippen LogP contribution < -0.4 is 5.32 Å². The zero-order valence-corrected chi connectivity index (χ0v) is 16.7. The summed E-state index contributed by atoms with van der Waals surface area (Å²) < 4.78 is 13.9. The van der Waals surface area contributed by atoms with E-state index in [4.69, 9.17) is 23.2 Å². The summed E-state index contributed by atoms with van der Waals surface area (Å²) in [5.74, 6) is -0.568. The van der Waals surface area contributed by atoms with Crippen LogP contribution in [-0.4, -0.2) is 47.9 Å². The van der Waals surface area contributed by atoms with Crippen LogP contribution in [0.3, 0.4) is 0 Å². The summed E-state index contributed by atoms with van der Waals surface area (Å²) in [6.07, 6.45) is 0. The van der Waals surface area contributed by atoms with Gasteiger partial charge in [-0.2, -0.15) is 0 Å². The molecule has 1 aliphatic rings. The van der Waals surface area contributed by atoms with Crippen LogP contribution in [0.2, 0.25) is 9.36 Å². The van der Waals surface area contributed by atoms with Crippen molar-refractivity contribution in [3.63, 3.8) is 0 Å². The van der Waals surface area contributed by atoms with E-state index in [1.54, 1.807) is 11.3 Å². The summed E-state index contributed by atoms with van der Waals surface area (Å²) >= 11 is 13.6. The van der Waals surface area contributed by atoms with Gasteiger partial charge in [0.15, 0.2) is 0 Å². The third kappa shape index (κ3) is 4.96. The zero-order chi connectivity index (χ0) is 18.7. The summed E-state index contributed by atoms with van der Waals surface area (Å²) in [5.41, 5.74) is 0.429. The second-order valence-corrected chi connectivity index (χ2v) is 8.51. The maximum absolute atomic E-state index is 13.1. The highest BCUT2D eigenvalue weighted by Crippen LogP contribution is 2.24. The zero-order valence-electron chi connectivity index (χ0n) is 14.3. The van der Waals surface area contributed by atoms with Crippen LogP contribution in [0.5, 0.6) is 0 Å². The number of halogens is 3.